The molecule has 0 bridgehead atoms. The van der Waals surface area contributed by atoms with Crippen LogP contribution in [-0.2, 0) is 11.2 Å². The summed E-state index contributed by atoms with van der Waals surface area (Å²) in [5, 5.41) is 3.26. The Hall–Kier alpha value is -1.55. The highest BCUT2D eigenvalue weighted by molar-refractivity contribution is 5.78. The molecule has 122 valence electrons. The van der Waals surface area contributed by atoms with Gasteiger partial charge in [0.15, 0.2) is 0 Å². The number of hydrogen-bond donors (Lipinski definition) is 1. The minimum absolute atomic E-state index is 0.0862. The zero-order valence-corrected chi connectivity index (χ0v) is 14.0. The van der Waals surface area contributed by atoms with E-state index in [1.807, 2.05) is 24.1 Å². The van der Waals surface area contributed by atoms with Gasteiger partial charge in [-0.15, -0.1) is 0 Å². The monoisotopic (exact) mass is 304 g/mol. The number of carbonyl (C=O) groups is 1. The Morgan fingerprint density at radius 3 is 2.82 bits per heavy atom. The molecule has 1 aliphatic heterocycles. The molecule has 0 aromatic heterocycles. The minimum atomic E-state index is 0.0862. The molecular formula is C18H28N2O2. The van der Waals surface area contributed by atoms with Crippen LogP contribution in [0.4, 0.5) is 0 Å². The molecule has 0 aliphatic carbocycles. The molecule has 0 spiro atoms. The maximum atomic E-state index is 12.3. The predicted molar refractivity (Wildman–Crippen MR) is 89.1 cm³/mol. The molecule has 0 radical (unpaired) electrons. The second kappa shape index (κ2) is 8.18. The molecular weight excluding hydrogens is 276 g/mol. The molecule has 4 heteroatoms. The Labute approximate surface area is 133 Å². The van der Waals surface area contributed by atoms with E-state index in [1.165, 1.54) is 5.56 Å². The molecule has 1 heterocycles. The smallest absolute Gasteiger partial charge is 0.236 e. The van der Waals surface area contributed by atoms with Crippen LogP contribution in [0.2, 0.25) is 0 Å². The van der Waals surface area contributed by atoms with E-state index < -0.39 is 0 Å². The molecule has 1 N–H and O–H groups in total. The zero-order valence-electron chi connectivity index (χ0n) is 14.0. The number of amides is 1. The van der Waals surface area contributed by atoms with E-state index in [-0.39, 0.29) is 11.9 Å². The van der Waals surface area contributed by atoms with Crippen molar-refractivity contribution in [3.05, 3.63) is 29.8 Å². The van der Waals surface area contributed by atoms with Crippen molar-refractivity contribution in [1.82, 2.24) is 10.2 Å². The number of ether oxygens (including phenoxy) is 1. The second-order valence-electron chi connectivity index (χ2n) is 6.37. The predicted octanol–water partition coefficient (Wildman–Crippen LogP) is 2.47. The van der Waals surface area contributed by atoms with Gasteiger partial charge in [-0.3, -0.25) is 4.79 Å². The molecule has 0 saturated heterocycles. The van der Waals surface area contributed by atoms with Crippen molar-refractivity contribution in [1.29, 1.82) is 0 Å². The van der Waals surface area contributed by atoms with Crippen molar-refractivity contribution < 1.29 is 9.53 Å². The van der Waals surface area contributed by atoms with Gasteiger partial charge >= 0.3 is 0 Å². The van der Waals surface area contributed by atoms with E-state index in [0.717, 1.165) is 31.6 Å². The number of hydrogen-bond acceptors (Lipinski definition) is 3. The molecule has 0 fully saturated rings. The van der Waals surface area contributed by atoms with E-state index in [1.54, 1.807) is 0 Å². The molecule has 1 amide bonds. The van der Waals surface area contributed by atoms with Crippen LogP contribution in [0, 0.1) is 5.92 Å². The van der Waals surface area contributed by atoms with E-state index in [4.69, 9.17) is 4.74 Å². The number of fused-ring (bicyclic) bond motifs is 1. The van der Waals surface area contributed by atoms with Gasteiger partial charge < -0.3 is 15.0 Å². The molecule has 1 atom stereocenters. The average Bonchev–Trinajstić information content (AvgIpc) is 2.51. The molecule has 0 saturated carbocycles. The van der Waals surface area contributed by atoms with Crippen LogP contribution in [0.15, 0.2) is 24.3 Å². The number of carbonyl (C=O) groups excluding carboxylic acids is 1. The Bertz CT molecular complexity index is 488. The Morgan fingerprint density at radius 1 is 1.27 bits per heavy atom. The molecule has 22 heavy (non-hydrogen) atoms. The Balaban J connectivity index is 2.18. The highest BCUT2D eigenvalue weighted by atomic mass is 16.5. The summed E-state index contributed by atoms with van der Waals surface area (Å²) in [6, 6.07) is 8.34. The summed E-state index contributed by atoms with van der Waals surface area (Å²) in [7, 11) is 1.88. The third-order valence-corrected chi connectivity index (χ3v) is 4.37. The lowest BCUT2D eigenvalue weighted by Crippen LogP contribution is -2.47. The standard InChI is InChI=1S/C18H28N2O2/c1-14(2)16-13-22-17-10-5-4-8-15(17)9-6-7-11-19-12-18(21)20(16)3/h4-5,8,10,14,16,19H,6-7,9,11-13H2,1-3H3/t16-/m1/s1. The number of para-hydroxylation sites is 1. The molecule has 1 aliphatic rings. The first-order valence-electron chi connectivity index (χ1n) is 8.26. The number of benzene rings is 1. The maximum Gasteiger partial charge on any atom is 0.236 e. The summed E-state index contributed by atoms with van der Waals surface area (Å²) in [6.45, 7) is 6.10. The van der Waals surface area contributed by atoms with Crippen LogP contribution in [0.25, 0.3) is 0 Å². The lowest BCUT2D eigenvalue weighted by atomic mass is 10.0. The van der Waals surface area contributed by atoms with Gasteiger partial charge in [0.05, 0.1) is 12.6 Å². The van der Waals surface area contributed by atoms with Crippen molar-refractivity contribution in [2.24, 2.45) is 5.92 Å². The fourth-order valence-electron chi connectivity index (χ4n) is 2.85. The van der Waals surface area contributed by atoms with E-state index in [0.29, 0.717) is 19.1 Å². The van der Waals surface area contributed by atoms with E-state index >= 15 is 0 Å². The van der Waals surface area contributed by atoms with Crippen LogP contribution in [-0.4, -0.2) is 43.6 Å². The average molecular weight is 304 g/mol. The van der Waals surface area contributed by atoms with Crippen LogP contribution in [0.5, 0.6) is 5.75 Å². The van der Waals surface area contributed by atoms with Crippen molar-refractivity contribution in [3.8, 4) is 5.75 Å². The summed E-state index contributed by atoms with van der Waals surface area (Å²) >= 11 is 0. The first kappa shape index (κ1) is 16.8. The van der Waals surface area contributed by atoms with E-state index in [9.17, 15) is 4.79 Å². The largest absolute Gasteiger partial charge is 0.491 e. The third-order valence-electron chi connectivity index (χ3n) is 4.37. The Morgan fingerprint density at radius 2 is 2.05 bits per heavy atom. The summed E-state index contributed by atoms with van der Waals surface area (Å²) in [5.74, 6) is 1.45. The number of rotatable bonds is 1. The first-order valence-corrected chi connectivity index (χ1v) is 8.26. The highest BCUT2D eigenvalue weighted by Gasteiger charge is 2.24. The third kappa shape index (κ3) is 4.47. The van der Waals surface area contributed by atoms with Crippen molar-refractivity contribution >= 4 is 5.91 Å². The van der Waals surface area contributed by atoms with Crippen LogP contribution in [0.3, 0.4) is 0 Å². The fourth-order valence-corrected chi connectivity index (χ4v) is 2.85. The summed E-state index contributed by atoms with van der Waals surface area (Å²) in [5.41, 5.74) is 1.26. The lowest BCUT2D eigenvalue weighted by Gasteiger charge is -2.31. The van der Waals surface area contributed by atoms with Gasteiger partial charge in [0.25, 0.3) is 0 Å². The molecule has 0 unspecified atom stereocenters. The number of aryl methyl sites for hydroxylation is 1. The van der Waals surface area contributed by atoms with Gasteiger partial charge in [-0.25, -0.2) is 0 Å². The normalized spacial score (nSPS) is 21.4. The van der Waals surface area contributed by atoms with Gasteiger partial charge in [0.1, 0.15) is 12.4 Å². The lowest BCUT2D eigenvalue weighted by molar-refractivity contribution is -0.132. The number of nitrogens with one attached hydrogen (secondary N) is 1. The topological polar surface area (TPSA) is 41.6 Å². The Kier molecular flexibility index (Phi) is 6.25. The second-order valence-corrected chi connectivity index (χ2v) is 6.37. The van der Waals surface area contributed by atoms with Gasteiger partial charge in [0.2, 0.25) is 5.91 Å². The summed E-state index contributed by atoms with van der Waals surface area (Å²) < 4.78 is 6.08. The number of likely N-dealkylation sites (N-methyl/N-ethyl adjacent to an activating group) is 1. The molecule has 1 aromatic rings. The molecule has 4 nitrogen and oxygen atoms in total. The van der Waals surface area contributed by atoms with Gasteiger partial charge in [0, 0.05) is 7.05 Å². The maximum absolute atomic E-state index is 12.3. The van der Waals surface area contributed by atoms with Crippen molar-refractivity contribution in [2.45, 2.75) is 39.2 Å². The molecule has 1 aromatic carbocycles. The van der Waals surface area contributed by atoms with Crippen LogP contribution in [0.1, 0.15) is 32.3 Å². The van der Waals surface area contributed by atoms with Crippen LogP contribution >= 0.6 is 0 Å². The summed E-state index contributed by atoms with van der Waals surface area (Å²) in [4.78, 5) is 14.1. The van der Waals surface area contributed by atoms with Gasteiger partial charge in [-0.2, -0.15) is 0 Å². The van der Waals surface area contributed by atoms with Gasteiger partial charge in [-0.1, -0.05) is 32.0 Å². The van der Waals surface area contributed by atoms with Crippen LogP contribution < -0.4 is 10.1 Å². The summed E-state index contributed by atoms with van der Waals surface area (Å²) in [6.07, 6.45) is 3.19. The first-order chi connectivity index (χ1) is 10.6. The SMILES string of the molecule is CC(C)[C@H]1COc2ccccc2CCCCNCC(=O)N1C. The van der Waals surface area contributed by atoms with E-state index in [2.05, 4.69) is 31.3 Å². The van der Waals surface area contributed by atoms with Crippen molar-refractivity contribution in [2.75, 3.05) is 26.7 Å². The minimum Gasteiger partial charge on any atom is -0.491 e. The fraction of sp³-hybridized carbons (Fsp3) is 0.611. The zero-order chi connectivity index (χ0) is 15.9. The molecule has 2 rings (SSSR count). The quantitative estimate of drug-likeness (QED) is 0.866. The number of nitrogens with zero attached hydrogens (tertiary/aromatic N) is 1. The highest BCUT2D eigenvalue weighted by Crippen LogP contribution is 2.22. The van der Waals surface area contributed by atoms with Gasteiger partial charge in [-0.05, 0) is 43.4 Å². The van der Waals surface area contributed by atoms with Crippen molar-refractivity contribution in [3.63, 3.8) is 0 Å².